The maximum atomic E-state index is 12.9. The van der Waals surface area contributed by atoms with E-state index in [1.807, 2.05) is 18.2 Å². The molecule has 0 saturated carbocycles. The number of fused-ring (bicyclic) bond motifs is 1. The molecule has 6 heteroatoms. The Balaban J connectivity index is 1.92. The topological polar surface area (TPSA) is 59.0 Å². The predicted molar refractivity (Wildman–Crippen MR) is 90.6 cm³/mol. The molecule has 0 spiro atoms. The van der Waals surface area contributed by atoms with E-state index in [0.29, 0.717) is 36.0 Å². The highest BCUT2D eigenvalue weighted by molar-refractivity contribution is 6.31. The molecule has 0 atom stereocenters. The van der Waals surface area contributed by atoms with E-state index in [2.05, 4.69) is 0 Å². The van der Waals surface area contributed by atoms with Gasteiger partial charge in [0.2, 0.25) is 0 Å². The number of nitrogens with zero attached hydrogens (tertiary/aromatic N) is 1. The van der Waals surface area contributed by atoms with E-state index in [9.17, 15) is 9.90 Å². The van der Waals surface area contributed by atoms with Gasteiger partial charge in [0, 0.05) is 17.1 Å². The van der Waals surface area contributed by atoms with Crippen molar-refractivity contribution in [2.75, 3.05) is 20.3 Å². The fourth-order valence-electron chi connectivity index (χ4n) is 2.74. The number of benzene rings is 2. The third-order valence-electron chi connectivity index (χ3n) is 3.97. The Morgan fingerprint density at radius 1 is 1.33 bits per heavy atom. The second kappa shape index (κ2) is 7.11. The Hall–Kier alpha value is -2.24. The van der Waals surface area contributed by atoms with Crippen molar-refractivity contribution < 1.29 is 19.4 Å². The van der Waals surface area contributed by atoms with Gasteiger partial charge in [0.05, 0.1) is 25.8 Å². The number of rotatable bonds is 3. The first-order chi connectivity index (χ1) is 11.6. The van der Waals surface area contributed by atoms with E-state index >= 15 is 0 Å². The Morgan fingerprint density at radius 3 is 2.92 bits per heavy atom. The summed E-state index contributed by atoms with van der Waals surface area (Å²) in [6.45, 7) is 1.21. The molecule has 1 heterocycles. The van der Waals surface area contributed by atoms with Crippen LogP contribution in [0.4, 0.5) is 0 Å². The summed E-state index contributed by atoms with van der Waals surface area (Å²) in [7, 11) is 1.52. The van der Waals surface area contributed by atoms with E-state index in [1.54, 1.807) is 23.1 Å². The highest BCUT2D eigenvalue weighted by Gasteiger charge is 2.24. The highest BCUT2D eigenvalue weighted by atomic mass is 35.5. The molecule has 0 fully saturated rings. The second-order valence-corrected chi connectivity index (χ2v) is 5.96. The molecule has 0 radical (unpaired) electrons. The van der Waals surface area contributed by atoms with E-state index in [1.165, 1.54) is 7.11 Å². The van der Waals surface area contributed by atoms with Gasteiger partial charge in [-0.2, -0.15) is 0 Å². The highest BCUT2D eigenvalue weighted by Crippen LogP contribution is 2.28. The van der Waals surface area contributed by atoms with Crippen molar-refractivity contribution in [3.05, 3.63) is 58.1 Å². The fourth-order valence-corrected chi connectivity index (χ4v) is 2.91. The van der Waals surface area contributed by atoms with Crippen LogP contribution in [0.15, 0.2) is 36.4 Å². The average Bonchev–Trinajstić information content (AvgIpc) is 2.82. The Labute approximate surface area is 145 Å². The normalized spacial score (nSPS) is 13.7. The zero-order valence-corrected chi connectivity index (χ0v) is 14.0. The van der Waals surface area contributed by atoms with Gasteiger partial charge in [0.15, 0.2) is 0 Å². The smallest absolute Gasteiger partial charge is 0.258 e. The van der Waals surface area contributed by atoms with Crippen molar-refractivity contribution >= 4 is 17.5 Å². The second-order valence-electron chi connectivity index (χ2n) is 5.52. The third kappa shape index (κ3) is 3.32. The largest absolute Gasteiger partial charge is 0.496 e. The van der Waals surface area contributed by atoms with Crippen molar-refractivity contribution in [2.45, 2.75) is 13.2 Å². The lowest BCUT2D eigenvalue weighted by Gasteiger charge is -2.21. The SMILES string of the molecule is COc1ccc(Cl)cc1C(=O)N1CCOc2ccc(CO)cc2C1. The van der Waals surface area contributed by atoms with Gasteiger partial charge in [0.1, 0.15) is 18.1 Å². The summed E-state index contributed by atoms with van der Waals surface area (Å²) < 4.78 is 11.0. The first-order valence-electron chi connectivity index (χ1n) is 7.60. The van der Waals surface area contributed by atoms with Crippen LogP contribution >= 0.6 is 11.6 Å². The molecule has 1 amide bonds. The third-order valence-corrected chi connectivity index (χ3v) is 4.20. The number of hydrogen-bond acceptors (Lipinski definition) is 4. The van der Waals surface area contributed by atoms with E-state index in [-0.39, 0.29) is 12.5 Å². The number of hydrogen-bond donors (Lipinski definition) is 1. The summed E-state index contributed by atoms with van der Waals surface area (Å²) in [5.74, 6) is 1.06. The summed E-state index contributed by atoms with van der Waals surface area (Å²) in [6.07, 6.45) is 0. The number of halogens is 1. The molecule has 126 valence electrons. The minimum Gasteiger partial charge on any atom is -0.496 e. The van der Waals surface area contributed by atoms with E-state index in [0.717, 1.165) is 16.9 Å². The van der Waals surface area contributed by atoms with Gasteiger partial charge in [-0.1, -0.05) is 17.7 Å². The first kappa shape index (κ1) is 16.6. The lowest BCUT2D eigenvalue weighted by molar-refractivity contribution is 0.0730. The predicted octanol–water partition coefficient (Wildman–Crippen LogP) is 2.88. The van der Waals surface area contributed by atoms with Crippen molar-refractivity contribution in [1.82, 2.24) is 4.90 Å². The molecule has 2 aromatic carbocycles. The van der Waals surface area contributed by atoms with Crippen LogP contribution in [0.25, 0.3) is 0 Å². The maximum Gasteiger partial charge on any atom is 0.258 e. The number of aliphatic hydroxyl groups is 1. The van der Waals surface area contributed by atoms with Crippen molar-refractivity contribution in [1.29, 1.82) is 0 Å². The van der Waals surface area contributed by atoms with Gasteiger partial charge in [-0.3, -0.25) is 4.79 Å². The molecule has 1 aliphatic rings. The van der Waals surface area contributed by atoms with Gasteiger partial charge in [-0.25, -0.2) is 0 Å². The molecule has 0 unspecified atom stereocenters. The number of ether oxygens (including phenoxy) is 2. The minimum absolute atomic E-state index is 0.0522. The van der Waals surface area contributed by atoms with Gasteiger partial charge >= 0.3 is 0 Å². The monoisotopic (exact) mass is 347 g/mol. The van der Waals surface area contributed by atoms with Gasteiger partial charge < -0.3 is 19.5 Å². The average molecular weight is 348 g/mol. The van der Waals surface area contributed by atoms with E-state index in [4.69, 9.17) is 21.1 Å². The first-order valence-corrected chi connectivity index (χ1v) is 7.98. The molecule has 1 N–H and O–H groups in total. The molecule has 2 aromatic rings. The summed E-state index contributed by atoms with van der Waals surface area (Å²) in [5.41, 5.74) is 2.08. The van der Waals surface area contributed by atoms with Crippen LogP contribution < -0.4 is 9.47 Å². The fraction of sp³-hybridized carbons (Fsp3) is 0.278. The minimum atomic E-state index is -0.166. The zero-order valence-electron chi connectivity index (χ0n) is 13.3. The van der Waals surface area contributed by atoms with Crippen molar-refractivity contribution in [3.63, 3.8) is 0 Å². The van der Waals surface area contributed by atoms with Gasteiger partial charge in [0.25, 0.3) is 5.91 Å². The van der Waals surface area contributed by atoms with Crippen LogP contribution in [0.5, 0.6) is 11.5 Å². The Kier molecular flexibility index (Phi) is 4.92. The Morgan fingerprint density at radius 2 is 2.17 bits per heavy atom. The molecule has 0 aromatic heterocycles. The number of amides is 1. The number of carbonyl (C=O) groups excluding carboxylic acids is 1. The lowest BCUT2D eigenvalue weighted by atomic mass is 10.1. The van der Waals surface area contributed by atoms with Crippen molar-refractivity contribution in [2.24, 2.45) is 0 Å². The van der Waals surface area contributed by atoms with E-state index < -0.39 is 0 Å². The summed E-state index contributed by atoms with van der Waals surface area (Å²) >= 11 is 6.03. The quantitative estimate of drug-likeness (QED) is 0.927. The lowest BCUT2D eigenvalue weighted by Crippen LogP contribution is -2.32. The van der Waals surface area contributed by atoms with Crippen molar-refractivity contribution in [3.8, 4) is 11.5 Å². The van der Waals surface area contributed by atoms with Crippen LogP contribution in [-0.4, -0.2) is 36.2 Å². The molecule has 3 rings (SSSR count). The molecule has 0 bridgehead atoms. The number of aliphatic hydroxyl groups excluding tert-OH is 1. The summed E-state index contributed by atoms with van der Waals surface area (Å²) in [4.78, 5) is 14.6. The zero-order chi connectivity index (χ0) is 17.1. The van der Waals surface area contributed by atoms with Gasteiger partial charge in [-0.15, -0.1) is 0 Å². The molecular weight excluding hydrogens is 330 g/mol. The molecule has 1 aliphatic heterocycles. The van der Waals surface area contributed by atoms with Crippen LogP contribution in [0.3, 0.4) is 0 Å². The molecule has 24 heavy (non-hydrogen) atoms. The molecule has 0 aliphatic carbocycles. The maximum absolute atomic E-state index is 12.9. The van der Waals surface area contributed by atoms with Crippen LogP contribution in [0, 0.1) is 0 Å². The van der Waals surface area contributed by atoms with Crippen LogP contribution in [0.1, 0.15) is 21.5 Å². The van der Waals surface area contributed by atoms with Crippen LogP contribution in [-0.2, 0) is 13.2 Å². The molecular formula is C18H18ClNO4. The standard InChI is InChI=1S/C18H18ClNO4/c1-23-17-5-3-14(19)9-15(17)18(22)20-6-7-24-16-4-2-12(11-21)8-13(16)10-20/h2-5,8-9,21H,6-7,10-11H2,1H3. The number of carbonyl (C=O) groups is 1. The molecule has 5 nitrogen and oxygen atoms in total. The summed E-state index contributed by atoms with van der Waals surface area (Å²) in [6, 6.07) is 10.5. The summed E-state index contributed by atoms with van der Waals surface area (Å²) in [5, 5.41) is 9.79. The van der Waals surface area contributed by atoms with Gasteiger partial charge in [-0.05, 0) is 35.9 Å². The molecule has 0 saturated heterocycles. The number of methoxy groups -OCH3 is 1. The van der Waals surface area contributed by atoms with Crippen LogP contribution in [0.2, 0.25) is 5.02 Å². The Bertz CT molecular complexity index is 763.